The molecule has 1 atom stereocenters. The topological polar surface area (TPSA) is 84.9 Å². The maximum absolute atomic E-state index is 12.8. The molecule has 1 aliphatic heterocycles. The molecule has 1 N–H and O–H groups in total. The first kappa shape index (κ1) is 22.5. The van der Waals surface area contributed by atoms with Gasteiger partial charge in [0.1, 0.15) is 5.75 Å². The fourth-order valence-corrected chi connectivity index (χ4v) is 5.15. The Labute approximate surface area is 191 Å². The zero-order valence-corrected chi connectivity index (χ0v) is 19.0. The number of benzene rings is 3. The number of fused-ring (bicyclic) bond motifs is 1. The van der Waals surface area contributed by atoms with Gasteiger partial charge in [0, 0.05) is 18.8 Å². The summed E-state index contributed by atoms with van der Waals surface area (Å²) in [6.07, 6.45) is -0.847. The third-order valence-electron chi connectivity index (χ3n) is 5.20. The van der Waals surface area contributed by atoms with Gasteiger partial charge in [0.2, 0.25) is 10.0 Å². The van der Waals surface area contributed by atoms with Crippen LogP contribution in [0.3, 0.4) is 0 Å². The molecular weight excluding hydrogens is 452 g/mol. The van der Waals surface area contributed by atoms with Gasteiger partial charge in [-0.2, -0.15) is 4.31 Å². The molecule has 1 amide bonds. The molecule has 9 heteroatoms. The van der Waals surface area contributed by atoms with Crippen molar-refractivity contribution < 1.29 is 22.7 Å². The summed E-state index contributed by atoms with van der Waals surface area (Å²) >= 11 is 6.28. The Morgan fingerprint density at radius 2 is 1.78 bits per heavy atom. The maximum atomic E-state index is 12.8. The number of carbonyl (C=O) groups excluding carboxylic acids is 1. The Morgan fingerprint density at radius 3 is 2.50 bits per heavy atom. The van der Waals surface area contributed by atoms with Crippen LogP contribution >= 0.6 is 11.6 Å². The van der Waals surface area contributed by atoms with E-state index < -0.39 is 16.1 Å². The smallest absolute Gasteiger partial charge is 0.265 e. The Morgan fingerprint density at radius 1 is 1.06 bits per heavy atom. The van der Waals surface area contributed by atoms with Gasteiger partial charge in [0.25, 0.3) is 5.91 Å². The van der Waals surface area contributed by atoms with E-state index >= 15 is 0 Å². The minimum absolute atomic E-state index is 0.0741. The van der Waals surface area contributed by atoms with Gasteiger partial charge in [-0.25, -0.2) is 8.42 Å². The van der Waals surface area contributed by atoms with E-state index in [9.17, 15) is 13.2 Å². The zero-order valence-electron chi connectivity index (χ0n) is 17.5. The molecular formula is C23H23ClN2O5S. The Bertz CT molecular complexity index is 1240. The SMILES string of the molecule is C[C@@H](Oc1ccc(S(=O)(=O)N2CCOCC2)cc1Cl)C(=O)Nc1ccc2ccccc2c1. The number of amides is 1. The van der Waals surface area contributed by atoms with Crippen LogP contribution in [0, 0.1) is 0 Å². The summed E-state index contributed by atoms with van der Waals surface area (Å²) in [5.41, 5.74) is 0.655. The molecule has 32 heavy (non-hydrogen) atoms. The minimum atomic E-state index is -3.67. The zero-order chi connectivity index (χ0) is 22.7. The van der Waals surface area contributed by atoms with Crippen LogP contribution in [0.2, 0.25) is 5.02 Å². The van der Waals surface area contributed by atoms with Crippen LogP contribution in [0.25, 0.3) is 10.8 Å². The molecule has 168 valence electrons. The van der Waals surface area contributed by atoms with Gasteiger partial charge in [-0.3, -0.25) is 4.79 Å². The lowest BCUT2D eigenvalue weighted by Crippen LogP contribution is -2.40. The second-order valence-electron chi connectivity index (χ2n) is 7.42. The number of nitrogens with zero attached hydrogens (tertiary/aromatic N) is 1. The highest BCUT2D eigenvalue weighted by Crippen LogP contribution is 2.30. The van der Waals surface area contributed by atoms with E-state index in [0.717, 1.165) is 10.8 Å². The van der Waals surface area contributed by atoms with Crippen molar-refractivity contribution in [2.75, 3.05) is 31.6 Å². The van der Waals surface area contributed by atoms with Gasteiger partial charge in [-0.15, -0.1) is 0 Å². The number of rotatable bonds is 6. The number of nitrogens with one attached hydrogen (secondary N) is 1. The Hall–Kier alpha value is -2.65. The fraction of sp³-hybridized carbons (Fsp3) is 0.261. The van der Waals surface area contributed by atoms with Gasteiger partial charge < -0.3 is 14.8 Å². The van der Waals surface area contributed by atoms with E-state index in [1.807, 2.05) is 42.5 Å². The second-order valence-corrected chi connectivity index (χ2v) is 9.77. The molecule has 7 nitrogen and oxygen atoms in total. The largest absolute Gasteiger partial charge is 0.479 e. The number of halogens is 1. The molecule has 1 fully saturated rings. The molecule has 1 aliphatic rings. The van der Waals surface area contributed by atoms with Gasteiger partial charge in [-0.05, 0) is 48.0 Å². The van der Waals surface area contributed by atoms with Crippen LogP contribution in [0.5, 0.6) is 5.75 Å². The van der Waals surface area contributed by atoms with E-state index in [1.165, 1.54) is 22.5 Å². The first-order chi connectivity index (χ1) is 15.3. The molecule has 1 heterocycles. The summed E-state index contributed by atoms with van der Waals surface area (Å²) < 4.78 is 37.9. The van der Waals surface area contributed by atoms with Crippen molar-refractivity contribution in [2.45, 2.75) is 17.9 Å². The highest BCUT2D eigenvalue weighted by Gasteiger charge is 2.27. The fourth-order valence-electron chi connectivity index (χ4n) is 3.43. The Kier molecular flexibility index (Phi) is 6.66. The molecule has 1 saturated heterocycles. The molecule has 0 unspecified atom stereocenters. The van der Waals surface area contributed by atoms with Crippen molar-refractivity contribution in [1.29, 1.82) is 0 Å². The van der Waals surface area contributed by atoms with Crippen molar-refractivity contribution in [3.8, 4) is 5.75 Å². The van der Waals surface area contributed by atoms with Crippen molar-refractivity contribution in [3.05, 3.63) is 65.7 Å². The number of hydrogen-bond donors (Lipinski definition) is 1. The lowest BCUT2D eigenvalue weighted by atomic mass is 10.1. The number of carbonyl (C=O) groups is 1. The van der Waals surface area contributed by atoms with Gasteiger partial charge in [-0.1, -0.05) is 41.9 Å². The summed E-state index contributed by atoms with van der Waals surface area (Å²) in [7, 11) is -3.67. The summed E-state index contributed by atoms with van der Waals surface area (Å²) in [4.78, 5) is 12.7. The molecule has 3 aromatic rings. The number of hydrogen-bond acceptors (Lipinski definition) is 5. The molecule has 0 spiro atoms. The van der Waals surface area contributed by atoms with Gasteiger partial charge in [0.15, 0.2) is 6.10 Å². The third kappa shape index (κ3) is 4.88. The van der Waals surface area contributed by atoms with Gasteiger partial charge >= 0.3 is 0 Å². The number of morpholine rings is 1. The standard InChI is InChI=1S/C23H23ClN2O5S/c1-16(23(27)25-19-7-6-17-4-2-3-5-18(17)14-19)31-22-9-8-20(15-21(22)24)32(28,29)26-10-12-30-13-11-26/h2-9,14-16H,10-13H2,1H3,(H,25,27)/t16-/m1/s1. The van der Waals surface area contributed by atoms with Gasteiger partial charge in [0.05, 0.1) is 23.1 Å². The maximum Gasteiger partial charge on any atom is 0.265 e. The predicted octanol–water partition coefficient (Wildman–Crippen LogP) is 3.92. The summed E-state index contributed by atoms with van der Waals surface area (Å²) in [5, 5.41) is 5.04. The van der Waals surface area contributed by atoms with Crippen molar-refractivity contribution in [3.63, 3.8) is 0 Å². The average molecular weight is 475 g/mol. The van der Waals surface area contributed by atoms with E-state index in [2.05, 4.69) is 5.32 Å². The molecule has 0 aliphatic carbocycles. The molecule has 0 saturated carbocycles. The number of anilines is 1. The number of sulfonamides is 1. The third-order valence-corrected chi connectivity index (χ3v) is 7.39. The van der Waals surface area contributed by atoms with Crippen LogP contribution < -0.4 is 10.1 Å². The lowest BCUT2D eigenvalue weighted by molar-refractivity contribution is -0.122. The van der Waals surface area contributed by atoms with Crippen LogP contribution in [0.4, 0.5) is 5.69 Å². The molecule has 4 rings (SSSR count). The molecule has 0 aromatic heterocycles. The number of ether oxygens (including phenoxy) is 2. The average Bonchev–Trinajstić information content (AvgIpc) is 2.80. The first-order valence-corrected chi connectivity index (χ1v) is 12.0. The van der Waals surface area contributed by atoms with E-state index in [1.54, 1.807) is 6.92 Å². The van der Waals surface area contributed by atoms with Crippen LogP contribution in [-0.4, -0.2) is 51.0 Å². The summed E-state index contributed by atoms with van der Waals surface area (Å²) in [5.74, 6) is -0.116. The van der Waals surface area contributed by atoms with Crippen LogP contribution in [0.1, 0.15) is 6.92 Å². The van der Waals surface area contributed by atoms with Crippen molar-refractivity contribution in [1.82, 2.24) is 4.31 Å². The Balaban J connectivity index is 1.44. The van der Waals surface area contributed by atoms with Crippen molar-refractivity contribution in [2.24, 2.45) is 0 Å². The van der Waals surface area contributed by atoms with Crippen LogP contribution in [0.15, 0.2) is 65.6 Å². The van der Waals surface area contributed by atoms with E-state index in [0.29, 0.717) is 32.0 Å². The molecule has 3 aromatic carbocycles. The molecule has 0 bridgehead atoms. The summed E-state index contributed by atoms with van der Waals surface area (Å²) in [6, 6.07) is 17.7. The minimum Gasteiger partial charge on any atom is -0.479 e. The highest BCUT2D eigenvalue weighted by molar-refractivity contribution is 7.89. The second kappa shape index (κ2) is 9.46. The summed E-state index contributed by atoms with van der Waals surface area (Å²) in [6.45, 7) is 2.91. The van der Waals surface area contributed by atoms with Crippen molar-refractivity contribution >= 4 is 44.0 Å². The van der Waals surface area contributed by atoms with E-state index in [4.69, 9.17) is 21.1 Å². The predicted molar refractivity (Wildman–Crippen MR) is 124 cm³/mol. The first-order valence-electron chi connectivity index (χ1n) is 10.2. The molecule has 0 radical (unpaired) electrons. The highest BCUT2D eigenvalue weighted by atomic mass is 35.5. The van der Waals surface area contributed by atoms with Crippen LogP contribution in [-0.2, 0) is 19.6 Å². The quantitative estimate of drug-likeness (QED) is 0.585. The monoisotopic (exact) mass is 474 g/mol. The normalized spacial score (nSPS) is 15.9. The lowest BCUT2D eigenvalue weighted by Gasteiger charge is -2.26. The van der Waals surface area contributed by atoms with E-state index in [-0.39, 0.29) is 21.6 Å².